The van der Waals surface area contributed by atoms with Gasteiger partial charge in [0.1, 0.15) is 6.54 Å². The maximum absolute atomic E-state index is 12.3. The summed E-state index contributed by atoms with van der Waals surface area (Å²) in [6.45, 7) is -1.36. The van der Waals surface area contributed by atoms with Crippen LogP contribution in [0.1, 0.15) is 12.0 Å². The molecule has 0 unspecified atom stereocenters. The Morgan fingerprint density at radius 2 is 2.00 bits per heavy atom. The molecule has 3 amide bonds. The van der Waals surface area contributed by atoms with Crippen molar-refractivity contribution in [3.8, 4) is 11.8 Å². The molecule has 24 heavy (non-hydrogen) atoms. The van der Waals surface area contributed by atoms with Crippen LogP contribution in [0.25, 0.3) is 0 Å². The Morgan fingerprint density at radius 3 is 2.67 bits per heavy atom. The standard InChI is InChI=1S/C16H16F3N3O2/c17-16(18,19)11-22-10-13(9-14(22)23)21-15(24)20-8-4-7-12-5-2-1-3-6-12/h1-3,5-6,13H,8-11H2,(H2,20,21,24)/t13-/m1/s1. The molecule has 0 aliphatic carbocycles. The minimum Gasteiger partial charge on any atom is -0.333 e. The summed E-state index contributed by atoms with van der Waals surface area (Å²) < 4.78 is 36.9. The molecule has 2 N–H and O–H groups in total. The van der Waals surface area contributed by atoms with Gasteiger partial charge in [0.25, 0.3) is 0 Å². The van der Waals surface area contributed by atoms with Crippen LogP contribution in [0.5, 0.6) is 0 Å². The van der Waals surface area contributed by atoms with Gasteiger partial charge in [0.15, 0.2) is 0 Å². The molecule has 0 radical (unpaired) electrons. The lowest BCUT2D eigenvalue weighted by Crippen LogP contribution is -2.44. The molecule has 2 rings (SSSR count). The summed E-state index contributed by atoms with van der Waals surface area (Å²) >= 11 is 0. The molecule has 8 heteroatoms. The Kier molecular flexibility index (Phi) is 5.68. The molecule has 1 aromatic rings. The third kappa shape index (κ3) is 5.83. The second kappa shape index (κ2) is 7.73. The highest BCUT2D eigenvalue weighted by Crippen LogP contribution is 2.20. The molecule has 1 aromatic carbocycles. The van der Waals surface area contributed by atoms with Crippen LogP contribution in [0.2, 0.25) is 0 Å². The van der Waals surface area contributed by atoms with Crippen molar-refractivity contribution in [1.29, 1.82) is 0 Å². The van der Waals surface area contributed by atoms with Crippen molar-refractivity contribution >= 4 is 11.9 Å². The monoisotopic (exact) mass is 339 g/mol. The Morgan fingerprint density at radius 1 is 1.29 bits per heavy atom. The van der Waals surface area contributed by atoms with Crippen LogP contribution in [0, 0.1) is 11.8 Å². The number of carbonyl (C=O) groups is 2. The first-order valence-electron chi connectivity index (χ1n) is 7.26. The van der Waals surface area contributed by atoms with Gasteiger partial charge in [-0.15, -0.1) is 0 Å². The Balaban J connectivity index is 1.73. The van der Waals surface area contributed by atoms with Crippen molar-refractivity contribution in [3.05, 3.63) is 35.9 Å². The van der Waals surface area contributed by atoms with Crippen LogP contribution < -0.4 is 10.6 Å². The van der Waals surface area contributed by atoms with E-state index in [0.717, 1.165) is 5.56 Å². The average molecular weight is 339 g/mol. The molecule has 1 aliphatic rings. The number of hydrogen-bond acceptors (Lipinski definition) is 2. The van der Waals surface area contributed by atoms with Gasteiger partial charge in [-0.25, -0.2) is 4.79 Å². The Hall–Kier alpha value is -2.69. The number of amides is 3. The van der Waals surface area contributed by atoms with Crippen molar-refractivity contribution in [3.63, 3.8) is 0 Å². The van der Waals surface area contributed by atoms with Crippen molar-refractivity contribution in [2.24, 2.45) is 0 Å². The molecule has 1 atom stereocenters. The number of nitrogens with zero attached hydrogens (tertiary/aromatic N) is 1. The number of halogens is 3. The first kappa shape index (κ1) is 17.7. The molecule has 0 saturated carbocycles. The van der Waals surface area contributed by atoms with Crippen LogP contribution in [-0.4, -0.2) is 48.7 Å². The minimum absolute atomic E-state index is 0.0909. The van der Waals surface area contributed by atoms with Gasteiger partial charge in [-0.1, -0.05) is 30.0 Å². The predicted molar refractivity (Wildman–Crippen MR) is 80.9 cm³/mol. The molecule has 1 aliphatic heterocycles. The maximum atomic E-state index is 12.3. The van der Waals surface area contributed by atoms with E-state index in [4.69, 9.17) is 0 Å². The van der Waals surface area contributed by atoms with Crippen molar-refractivity contribution in [2.45, 2.75) is 18.6 Å². The minimum atomic E-state index is -4.44. The molecule has 0 aromatic heterocycles. The van der Waals surface area contributed by atoms with Crippen LogP contribution in [0.3, 0.4) is 0 Å². The summed E-state index contributed by atoms with van der Waals surface area (Å²) in [7, 11) is 0. The highest BCUT2D eigenvalue weighted by molar-refractivity contribution is 5.81. The number of benzene rings is 1. The summed E-state index contributed by atoms with van der Waals surface area (Å²) in [6, 6.07) is 7.99. The normalized spacial score (nSPS) is 17.2. The van der Waals surface area contributed by atoms with Gasteiger partial charge in [-0.05, 0) is 12.1 Å². The molecule has 128 valence electrons. The molecule has 0 spiro atoms. The predicted octanol–water partition coefficient (Wildman–Crippen LogP) is 1.50. The van der Waals surface area contributed by atoms with Crippen molar-refractivity contribution < 1.29 is 22.8 Å². The second-order valence-electron chi connectivity index (χ2n) is 5.29. The first-order chi connectivity index (χ1) is 11.3. The number of hydrogen-bond donors (Lipinski definition) is 2. The van der Waals surface area contributed by atoms with E-state index in [1.54, 1.807) is 0 Å². The largest absolute Gasteiger partial charge is 0.406 e. The zero-order chi connectivity index (χ0) is 17.6. The van der Waals surface area contributed by atoms with Crippen molar-refractivity contribution in [1.82, 2.24) is 15.5 Å². The highest BCUT2D eigenvalue weighted by atomic mass is 19.4. The Bertz CT molecular complexity index is 650. The molecular formula is C16H16F3N3O2. The second-order valence-corrected chi connectivity index (χ2v) is 5.29. The van der Waals surface area contributed by atoms with E-state index in [1.807, 2.05) is 30.3 Å². The average Bonchev–Trinajstić information content (AvgIpc) is 2.82. The number of rotatable bonds is 3. The number of likely N-dealkylation sites (tertiary alicyclic amines) is 1. The van der Waals surface area contributed by atoms with E-state index in [9.17, 15) is 22.8 Å². The maximum Gasteiger partial charge on any atom is 0.406 e. The highest BCUT2D eigenvalue weighted by Gasteiger charge is 2.38. The fraction of sp³-hybridized carbons (Fsp3) is 0.375. The number of urea groups is 1. The zero-order valence-corrected chi connectivity index (χ0v) is 12.7. The first-order valence-corrected chi connectivity index (χ1v) is 7.26. The van der Waals surface area contributed by atoms with E-state index in [0.29, 0.717) is 4.90 Å². The van der Waals surface area contributed by atoms with Gasteiger partial charge < -0.3 is 15.5 Å². The summed E-state index contributed by atoms with van der Waals surface area (Å²) in [5, 5.41) is 4.96. The van der Waals surface area contributed by atoms with Gasteiger partial charge in [-0.2, -0.15) is 13.2 Å². The van der Waals surface area contributed by atoms with Crippen LogP contribution in [0.15, 0.2) is 30.3 Å². The lowest BCUT2D eigenvalue weighted by atomic mass is 10.2. The Labute approximate surface area is 137 Å². The zero-order valence-electron chi connectivity index (χ0n) is 12.7. The van der Waals surface area contributed by atoms with Gasteiger partial charge >= 0.3 is 12.2 Å². The van der Waals surface area contributed by atoms with Crippen LogP contribution >= 0.6 is 0 Å². The molecule has 1 fully saturated rings. The van der Waals surface area contributed by atoms with Crippen LogP contribution in [-0.2, 0) is 4.79 Å². The summed E-state index contributed by atoms with van der Waals surface area (Å²) in [6.07, 6.45) is -4.58. The molecular weight excluding hydrogens is 323 g/mol. The lowest BCUT2D eigenvalue weighted by Gasteiger charge is -2.18. The summed E-state index contributed by atoms with van der Waals surface area (Å²) in [5.74, 6) is 4.99. The number of carbonyl (C=O) groups excluding carboxylic acids is 2. The van der Waals surface area contributed by atoms with Gasteiger partial charge in [0.05, 0.1) is 12.6 Å². The molecule has 0 bridgehead atoms. The smallest absolute Gasteiger partial charge is 0.333 e. The van der Waals surface area contributed by atoms with E-state index in [-0.39, 0.29) is 19.5 Å². The van der Waals surface area contributed by atoms with E-state index in [1.165, 1.54) is 0 Å². The van der Waals surface area contributed by atoms with Crippen LogP contribution in [0.4, 0.5) is 18.0 Å². The summed E-state index contributed by atoms with van der Waals surface area (Å²) in [4.78, 5) is 23.9. The van der Waals surface area contributed by atoms with E-state index < -0.39 is 30.7 Å². The summed E-state index contributed by atoms with van der Waals surface area (Å²) in [5.41, 5.74) is 0.809. The topological polar surface area (TPSA) is 61.4 Å². The molecule has 1 heterocycles. The SMILES string of the molecule is O=C(NCC#Cc1ccccc1)N[C@@H]1CC(=O)N(CC(F)(F)F)C1. The van der Waals surface area contributed by atoms with E-state index >= 15 is 0 Å². The van der Waals surface area contributed by atoms with Crippen molar-refractivity contribution in [2.75, 3.05) is 19.6 Å². The molecule has 1 saturated heterocycles. The van der Waals surface area contributed by atoms with Gasteiger partial charge in [-0.3, -0.25) is 4.79 Å². The third-order valence-corrected chi connectivity index (χ3v) is 3.26. The third-order valence-electron chi connectivity index (χ3n) is 3.26. The van der Waals surface area contributed by atoms with Gasteiger partial charge in [0.2, 0.25) is 5.91 Å². The van der Waals surface area contributed by atoms with Gasteiger partial charge in [0, 0.05) is 18.5 Å². The number of alkyl halides is 3. The number of nitrogens with one attached hydrogen (secondary N) is 2. The lowest BCUT2D eigenvalue weighted by molar-refractivity contribution is -0.157. The fourth-order valence-electron chi connectivity index (χ4n) is 2.27. The van der Waals surface area contributed by atoms with E-state index in [2.05, 4.69) is 22.5 Å². The quantitative estimate of drug-likeness (QED) is 0.820. The molecule has 5 nitrogen and oxygen atoms in total. The fourth-order valence-corrected chi connectivity index (χ4v) is 2.27.